The Balaban J connectivity index is 1.99. The van der Waals surface area contributed by atoms with Gasteiger partial charge in [0.2, 0.25) is 5.91 Å². The summed E-state index contributed by atoms with van der Waals surface area (Å²) < 4.78 is 0. The number of amides is 1. The van der Waals surface area contributed by atoms with Crippen molar-refractivity contribution in [2.75, 3.05) is 5.32 Å². The summed E-state index contributed by atoms with van der Waals surface area (Å²) in [4.78, 5) is 19.4. The summed E-state index contributed by atoms with van der Waals surface area (Å²) in [6, 6.07) is 1.55. The summed E-state index contributed by atoms with van der Waals surface area (Å²) in [6.07, 6.45) is 5.58. The van der Waals surface area contributed by atoms with Crippen LogP contribution in [-0.4, -0.2) is 15.9 Å². The Hall–Kier alpha value is -1.16. The molecule has 15 heavy (non-hydrogen) atoms. The smallest absolute Gasteiger partial charge is 0.228 e. The van der Waals surface area contributed by atoms with Crippen molar-refractivity contribution in [1.82, 2.24) is 9.97 Å². The molecular formula is C10H12ClN3O. The third-order valence-electron chi connectivity index (χ3n) is 2.61. The second-order valence-corrected chi connectivity index (χ2v) is 4.08. The molecule has 1 fully saturated rings. The van der Waals surface area contributed by atoms with Crippen LogP contribution in [0.25, 0.3) is 0 Å². The maximum absolute atomic E-state index is 11.7. The predicted molar refractivity (Wildman–Crippen MR) is 57.6 cm³/mol. The molecule has 1 saturated carbocycles. The van der Waals surface area contributed by atoms with Gasteiger partial charge < -0.3 is 5.32 Å². The molecule has 1 amide bonds. The molecule has 0 spiro atoms. The van der Waals surface area contributed by atoms with Crippen molar-refractivity contribution >= 4 is 23.3 Å². The summed E-state index contributed by atoms with van der Waals surface area (Å²) in [6.45, 7) is 0. The summed E-state index contributed by atoms with van der Waals surface area (Å²) >= 11 is 5.69. The molecular weight excluding hydrogens is 214 g/mol. The first kappa shape index (κ1) is 10.4. The Morgan fingerprint density at radius 2 is 2.13 bits per heavy atom. The van der Waals surface area contributed by atoms with Crippen LogP contribution in [0.3, 0.4) is 0 Å². The molecule has 1 heterocycles. The van der Waals surface area contributed by atoms with Crippen LogP contribution in [0.5, 0.6) is 0 Å². The molecule has 4 nitrogen and oxygen atoms in total. The van der Waals surface area contributed by atoms with Crippen molar-refractivity contribution in [3.05, 3.63) is 17.5 Å². The van der Waals surface area contributed by atoms with Gasteiger partial charge in [-0.25, -0.2) is 9.97 Å². The van der Waals surface area contributed by atoms with Gasteiger partial charge in [-0.2, -0.15) is 0 Å². The molecule has 5 heteroatoms. The average molecular weight is 226 g/mol. The number of anilines is 1. The van der Waals surface area contributed by atoms with Crippen molar-refractivity contribution < 1.29 is 4.79 Å². The van der Waals surface area contributed by atoms with Gasteiger partial charge in [0.25, 0.3) is 0 Å². The van der Waals surface area contributed by atoms with Crippen LogP contribution in [0, 0.1) is 5.92 Å². The van der Waals surface area contributed by atoms with Gasteiger partial charge in [0.05, 0.1) is 0 Å². The first-order valence-electron chi connectivity index (χ1n) is 5.04. The number of aromatic nitrogens is 2. The molecule has 1 N–H and O–H groups in total. The van der Waals surface area contributed by atoms with Crippen LogP contribution in [0.15, 0.2) is 12.4 Å². The van der Waals surface area contributed by atoms with E-state index in [0.717, 1.165) is 25.7 Å². The largest absolute Gasteiger partial charge is 0.310 e. The molecule has 80 valence electrons. The van der Waals surface area contributed by atoms with Crippen LogP contribution in [-0.2, 0) is 4.79 Å². The van der Waals surface area contributed by atoms with Gasteiger partial charge in [0, 0.05) is 12.0 Å². The Kier molecular flexibility index (Phi) is 3.16. The van der Waals surface area contributed by atoms with E-state index in [1.807, 2.05) is 0 Å². The minimum absolute atomic E-state index is 0.0438. The molecule has 1 aliphatic rings. The van der Waals surface area contributed by atoms with E-state index in [0.29, 0.717) is 11.0 Å². The van der Waals surface area contributed by atoms with Crippen LogP contribution in [0.4, 0.5) is 5.82 Å². The third kappa shape index (κ3) is 2.65. The maximum atomic E-state index is 11.7. The van der Waals surface area contributed by atoms with E-state index in [4.69, 9.17) is 11.6 Å². The Bertz CT molecular complexity index is 363. The second kappa shape index (κ2) is 4.57. The van der Waals surface area contributed by atoms with Crippen molar-refractivity contribution in [3.8, 4) is 0 Å². The Morgan fingerprint density at radius 1 is 1.40 bits per heavy atom. The zero-order chi connectivity index (χ0) is 10.7. The van der Waals surface area contributed by atoms with E-state index in [-0.39, 0.29) is 11.8 Å². The molecule has 0 aliphatic heterocycles. The zero-order valence-electron chi connectivity index (χ0n) is 8.24. The third-order valence-corrected chi connectivity index (χ3v) is 2.82. The molecule has 1 aromatic rings. The lowest BCUT2D eigenvalue weighted by Gasteiger charge is -2.09. The number of rotatable bonds is 2. The lowest BCUT2D eigenvalue weighted by molar-refractivity contribution is -0.119. The van der Waals surface area contributed by atoms with E-state index in [2.05, 4.69) is 15.3 Å². The van der Waals surface area contributed by atoms with Gasteiger partial charge in [-0.1, -0.05) is 24.4 Å². The van der Waals surface area contributed by atoms with E-state index in [9.17, 15) is 4.79 Å². The van der Waals surface area contributed by atoms with E-state index < -0.39 is 0 Å². The first-order valence-corrected chi connectivity index (χ1v) is 5.42. The summed E-state index contributed by atoms with van der Waals surface area (Å²) in [5, 5.41) is 3.09. The topological polar surface area (TPSA) is 54.9 Å². The standard InChI is InChI=1S/C10H12ClN3O/c11-8-5-9(13-6-12-8)14-10(15)7-3-1-2-4-7/h5-7H,1-4H2,(H,12,13,14,15). The quantitative estimate of drug-likeness (QED) is 0.786. The summed E-state index contributed by atoms with van der Waals surface area (Å²) in [7, 11) is 0. The normalized spacial score (nSPS) is 16.6. The van der Waals surface area contributed by atoms with Crippen LogP contribution < -0.4 is 5.32 Å². The highest BCUT2D eigenvalue weighted by Gasteiger charge is 2.22. The number of carbonyl (C=O) groups is 1. The number of nitrogens with one attached hydrogen (secondary N) is 1. The molecule has 0 saturated heterocycles. The zero-order valence-corrected chi connectivity index (χ0v) is 9.00. The number of nitrogens with zero attached hydrogens (tertiary/aromatic N) is 2. The predicted octanol–water partition coefficient (Wildman–Crippen LogP) is 2.26. The van der Waals surface area contributed by atoms with Gasteiger partial charge in [-0.15, -0.1) is 0 Å². The highest BCUT2D eigenvalue weighted by atomic mass is 35.5. The van der Waals surface area contributed by atoms with Gasteiger partial charge in [0.15, 0.2) is 0 Å². The fourth-order valence-electron chi connectivity index (χ4n) is 1.82. The molecule has 0 unspecified atom stereocenters. The van der Waals surface area contributed by atoms with Crippen molar-refractivity contribution in [2.24, 2.45) is 5.92 Å². The SMILES string of the molecule is O=C(Nc1cc(Cl)ncn1)C1CCCC1. The van der Waals surface area contributed by atoms with E-state index in [1.165, 1.54) is 6.33 Å². The Morgan fingerprint density at radius 3 is 2.80 bits per heavy atom. The van der Waals surface area contributed by atoms with Crippen LogP contribution >= 0.6 is 11.6 Å². The fraction of sp³-hybridized carbons (Fsp3) is 0.500. The van der Waals surface area contributed by atoms with E-state index >= 15 is 0 Å². The molecule has 0 bridgehead atoms. The van der Waals surface area contributed by atoms with Crippen molar-refractivity contribution in [3.63, 3.8) is 0 Å². The lowest BCUT2D eigenvalue weighted by Crippen LogP contribution is -2.20. The molecule has 0 atom stereocenters. The highest BCUT2D eigenvalue weighted by Crippen LogP contribution is 2.25. The lowest BCUT2D eigenvalue weighted by atomic mass is 10.1. The van der Waals surface area contributed by atoms with Crippen LogP contribution in [0.2, 0.25) is 5.15 Å². The first-order chi connectivity index (χ1) is 7.25. The molecule has 2 rings (SSSR count). The molecule has 1 aliphatic carbocycles. The van der Waals surface area contributed by atoms with Gasteiger partial charge in [0.1, 0.15) is 17.3 Å². The van der Waals surface area contributed by atoms with Crippen LogP contribution in [0.1, 0.15) is 25.7 Å². The monoisotopic (exact) mass is 225 g/mol. The van der Waals surface area contributed by atoms with Gasteiger partial charge >= 0.3 is 0 Å². The van der Waals surface area contributed by atoms with Crippen molar-refractivity contribution in [1.29, 1.82) is 0 Å². The molecule has 0 radical (unpaired) electrons. The second-order valence-electron chi connectivity index (χ2n) is 3.70. The highest BCUT2D eigenvalue weighted by molar-refractivity contribution is 6.29. The number of halogens is 1. The molecule has 1 aromatic heterocycles. The minimum atomic E-state index is 0.0438. The number of carbonyl (C=O) groups excluding carboxylic acids is 1. The van der Waals surface area contributed by atoms with Gasteiger partial charge in [-0.3, -0.25) is 4.79 Å². The molecule has 0 aromatic carbocycles. The fourth-order valence-corrected chi connectivity index (χ4v) is 1.97. The minimum Gasteiger partial charge on any atom is -0.310 e. The summed E-state index contributed by atoms with van der Waals surface area (Å²) in [5.74, 6) is 0.660. The summed E-state index contributed by atoms with van der Waals surface area (Å²) in [5.41, 5.74) is 0. The maximum Gasteiger partial charge on any atom is 0.228 e. The van der Waals surface area contributed by atoms with E-state index in [1.54, 1.807) is 6.07 Å². The number of hydrogen-bond donors (Lipinski definition) is 1. The van der Waals surface area contributed by atoms with Crippen molar-refractivity contribution in [2.45, 2.75) is 25.7 Å². The van der Waals surface area contributed by atoms with Gasteiger partial charge in [-0.05, 0) is 12.8 Å². The number of hydrogen-bond acceptors (Lipinski definition) is 3. The Labute approximate surface area is 93.1 Å². The average Bonchev–Trinajstić information content (AvgIpc) is 2.70.